The maximum Gasteiger partial charge on any atom is 1.00 e. The van der Waals surface area contributed by atoms with Crippen LogP contribution in [0.5, 0.6) is 0 Å². The van der Waals surface area contributed by atoms with Crippen molar-refractivity contribution in [1.82, 2.24) is 0 Å². The van der Waals surface area contributed by atoms with Crippen molar-refractivity contribution in [3.63, 3.8) is 0 Å². The van der Waals surface area contributed by atoms with E-state index in [1.54, 1.807) is 6.07 Å². The summed E-state index contributed by atoms with van der Waals surface area (Å²) in [5, 5.41) is 1.97. The van der Waals surface area contributed by atoms with E-state index >= 15 is 0 Å². The third-order valence-electron chi connectivity index (χ3n) is 6.06. The summed E-state index contributed by atoms with van der Waals surface area (Å²) in [7, 11) is -4.49. The zero-order valence-corrected chi connectivity index (χ0v) is 23.9. The Balaban J connectivity index is 0.00000480. The van der Waals surface area contributed by atoms with Gasteiger partial charge in [0.1, 0.15) is 10.1 Å². The van der Waals surface area contributed by atoms with Crippen LogP contribution in [0, 0.1) is 0 Å². The molecular weight excluding hydrogens is 431 g/mol. The van der Waals surface area contributed by atoms with Crippen molar-refractivity contribution in [2.24, 2.45) is 0 Å². The maximum absolute atomic E-state index is 12.1. The molecule has 0 aliphatic heterocycles. The first-order chi connectivity index (χ1) is 14.5. The molecule has 2 aromatic rings. The minimum Gasteiger partial charge on any atom is -0.744 e. The van der Waals surface area contributed by atoms with E-state index in [-0.39, 0.29) is 56.3 Å². The second-order valence-electron chi connectivity index (χ2n) is 8.54. The van der Waals surface area contributed by atoms with Crippen LogP contribution in [0.15, 0.2) is 35.2 Å². The van der Waals surface area contributed by atoms with E-state index in [0.29, 0.717) is 6.42 Å². The molecule has 0 aromatic heterocycles. The molecule has 0 radical (unpaired) electrons. The first kappa shape index (κ1) is 29.3. The van der Waals surface area contributed by atoms with E-state index in [4.69, 9.17) is 0 Å². The van der Waals surface area contributed by atoms with Gasteiger partial charge in [0.25, 0.3) is 0 Å². The normalized spacial score (nSPS) is 11.6. The van der Waals surface area contributed by atoms with Crippen LogP contribution >= 0.6 is 0 Å². The molecule has 3 nitrogen and oxygen atoms in total. The Morgan fingerprint density at radius 1 is 0.710 bits per heavy atom. The summed E-state index contributed by atoms with van der Waals surface area (Å²) in [6.07, 6.45) is 15.6. The van der Waals surface area contributed by atoms with Gasteiger partial charge in [-0.05, 0) is 53.6 Å². The molecule has 0 N–H and O–H groups in total. The molecule has 0 unspecified atom stereocenters. The Hall–Kier alpha value is 0.246. The van der Waals surface area contributed by atoms with Gasteiger partial charge in [-0.15, -0.1) is 0 Å². The second kappa shape index (κ2) is 16.0. The number of fused-ring (bicyclic) bond motifs is 1. The molecule has 31 heavy (non-hydrogen) atoms. The van der Waals surface area contributed by atoms with Gasteiger partial charge in [-0.2, -0.15) is 0 Å². The Labute approximate surface area is 233 Å². The topological polar surface area (TPSA) is 57.2 Å². The zero-order chi connectivity index (χ0) is 21.8. The van der Waals surface area contributed by atoms with Crippen LogP contribution in [0.2, 0.25) is 0 Å². The number of benzene rings is 2. The summed E-state index contributed by atoms with van der Waals surface area (Å²) < 4.78 is 36.3. The van der Waals surface area contributed by atoms with Gasteiger partial charge in [-0.25, -0.2) is 8.42 Å². The van der Waals surface area contributed by atoms with Crippen LogP contribution in [0.4, 0.5) is 0 Å². The van der Waals surface area contributed by atoms with Crippen molar-refractivity contribution < 1.29 is 64.4 Å². The Morgan fingerprint density at radius 2 is 1.19 bits per heavy atom. The Kier molecular flexibility index (Phi) is 15.1. The quantitative estimate of drug-likeness (QED) is 0.218. The van der Waals surface area contributed by atoms with E-state index in [0.717, 1.165) is 54.0 Å². The molecule has 0 saturated carbocycles. The van der Waals surface area contributed by atoms with E-state index in [1.807, 2.05) is 18.2 Å². The Bertz CT molecular complexity index is 878. The molecule has 0 fully saturated rings. The van der Waals surface area contributed by atoms with Crippen LogP contribution in [0.1, 0.15) is 102 Å². The molecule has 2 rings (SSSR count). The summed E-state index contributed by atoms with van der Waals surface area (Å²) in [5.74, 6) is 0. The minimum atomic E-state index is -4.49. The van der Waals surface area contributed by atoms with Gasteiger partial charge in [-0.3, -0.25) is 0 Å². The van der Waals surface area contributed by atoms with Crippen molar-refractivity contribution in [3.8, 4) is 0 Å². The van der Waals surface area contributed by atoms with Gasteiger partial charge < -0.3 is 4.55 Å². The molecule has 0 amide bonds. The fourth-order valence-electron chi connectivity index (χ4n) is 4.38. The van der Waals surface area contributed by atoms with Crippen molar-refractivity contribution in [3.05, 3.63) is 41.5 Å². The van der Waals surface area contributed by atoms with Crippen LogP contribution in [0.3, 0.4) is 0 Å². The van der Waals surface area contributed by atoms with Crippen LogP contribution in [0.25, 0.3) is 10.8 Å². The van der Waals surface area contributed by atoms with Gasteiger partial charge >= 0.3 is 51.4 Å². The second-order valence-corrected chi connectivity index (χ2v) is 9.89. The Morgan fingerprint density at radius 3 is 1.74 bits per heavy atom. The van der Waals surface area contributed by atoms with Gasteiger partial charge in [0.05, 0.1) is 4.90 Å². The van der Waals surface area contributed by atoms with Crippen LogP contribution in [-0.2, 0) is 23.0 Å². The summed E-state index contributed by atoms with van der Waals surface area (Å²) in [4.78, 5) is 0.00995. The molecule has 0 bridgehead atoms. The summed E-state index contributed by atoms with van der Waals surface area (Å²) in [6.45, 7) is 4.42. The molecule has 0 spiro atoms. The molecule has 2 aromatic carbocycles. The molecule has 0 atom stereocenters. The fourth-order valence-corrected chi connectivity index (χ4v) is 5.18. The predicted octanol–water partition coefficient (Wildman–Crippen LogP) is 4.55. The van der Waals surface area contributed by atoms with E-state index in [1.165, 1.54) is 51.4 Å². The van der Waals surface area contributed by atoms with Crippen molar-refractivity contribution in [2.45, 2.75) is 109 Å². The van der Waals surface area contributed by atoms with E-state index < -0.39 is 10.1 Å². The third kappa shape index (κ3) is 9.95. The van der Waals surface area contributed by atoms with E-state index in [2.05, 4.69) is 19.9 Å². The fraction of sp³-hybridized carbons (Fsp3) is 0.615. The van der Waals surface area contributed by atoms with Gasteiger partial charge in [0.2, 0.25) is 0 Å². The van der Waals surface area contributed by atoms with Gasteiger partial charge in [-0.1, -0.05) is 102 Å². The maximum atomic E-state index is 12.1. The third-order valence-corrected chi connectivity index (χ3v) is 6.97. The van der Waals surface area contributed by atoms with Crippen LogP contribution in [-0.4, -0.2) is 13.0 Å². The predicted molar refractivity (Wildman–Crippen MR) is 126 cm³/mol. The molecule has 0 heterocycles. The molecular formula is C26H39KO3S. The van der Waals surface area contributed by atoms with Crippen LogP contribution < -0.4 is 51.4 Å². The largest absolute Gasteiger partial charge is 1.00 e. The monoisotopic (exact) mass is 470 g/mol. The van der Waals surface area contributed by atoms with Crippen molar-refractivity contribution in [1.29, 1.82) is 0 Å². The summed E-state index contributed by atoms with van der Waals surface area (Å²) >= 11 is 0. The first-order valence-electron chi connectivity index (χ1n) is 12.0. The van der Waals surface area contributed by atoms with Gasteiger partial charge in [0, 0.05) is 0 Å². The zero-order valence-electron chi connectivity index (χ0n) is 19.9. The molecule has 5 heteroatoms. The standard InChI is InChI=1S/C26H40O3S.K/c1-3-5-7-9-11-13-19-24-23-18-16-15-17-22(23)21-26(30(27,28)29)25(24)20-14-12-10-8-6-4-2;/h15-18,21H,3-14,19-20H2,1-2H3,(H,27,28,29);/q;+1/p-1. The number of hydrogen-bond donors (Lipinski definition) is 0. The summed E-state index contributed by atoms with van der Waals surface area (Å²) in [6, 6.07) is 9.52. The number of rotatable bonds is 15. The van der Waals surface area contributed by atoms with E-state index in [9.17, 15) is 13.0 Å². The molecule has 0 aliphatic carbocycles. The van der Waals surface area contributed by atoms with Gasteiger partial charge in [0.15, 0.2) is 0 Å². The first-order valence-corrected chi connectivity index (χ1v) is 13.4. The molecule has 0 aliphatic rings. The van der Waals surface area contributed by atoms with Crippen molar-refractivity contribution in [2.75, 3.05) is 0 Å². The summed E-state index contributed by atoms with van der Waals surface area (Å²) in [5.41, 5.74) is 1.87. The SMILES string of the molecule is CCCCCCCCc1c(S(=O)(=O)[O-])cc2ccccc2c1CCCCCCCC.[K+]. The number of hydrogen-bond acceptors (Lipinski definition) is 3. The van der Waals surface area contributed by atoms with Crippen molar-refractivity contribution >= 4 is 20.9 Å². The molecule has 168 valence electrons. The number of unbranched alkanes of at least 4 members (excludes halogenated alkanes) is 10. The molecule has 0 saturated heterocycles. The minimum absolute atomic E-state index is 0. The average Bonchev–Trinajstić information content (AvgIpc) is 2.72. The number of aryl methyl sites for hydroxylation is 1. The smallest absolute Gasteiger partial charge is 0.744 e. The average molecular weight is 471 g/mol.